The van der Waals surface area contributed by atoms with Crippen LogP contribution in [0.4, 0.5) is 31.5 Å². The maximum Gasteiger partial charge on any atom is 0.445 e. The summed E-state index contributed by atoms with van der Waals surface area (Å²) in [4.78, 5) is 4.31. The molecule has 1 aliphatic heterocycles. The first-order chi connectivity index (χ1) is 17.9. The number of hydrogen-bond donors (Lipinski definition) is 0. The molecule has 1 aromatic heterocycles. The largest absolute Gasteiger partial charge is 0.490 e. The molecule has 7 nitrogen and oxygen atoms in total. The Kier molecular flexibility index (Phi) is 8.63. The number of anilines is 1. The van der Waals surface area contributed by atoms with Crippen LogP contribution in [0.25, 0.3) is 0 Å². The second kappa shape index (κ2) is 11.6. The fourth-order valence-electron chi connectivity index (χ4n) is 4.32. The Hall–Kier alpha value is -2.70. The standard InChI is InChI=1S/C23H23F6N5O2S2/c24-22(25,26)18-11-17(2-1-14(18)12-30)36-16-5-3-15(4-6-16)35-13-19(37)33-7-9-34(10-8-33)21-32-31-20(38-21)23(27,28)29/h1-2,11,15-16H,3-10,13H2/t15-,16-. The maximum atomic E-state index is 13.2. The molecule has 15 heteroatoms. The molecule has 4 rings (SSSR count). The van der Waals surface area contributed by atoms with Crippen LogP contribution in [0.5, 0.6) is 5.75 Å². The van der Waals surface area contributed by atoms with Crippen LogP contribution < -0.4 is 9.64 Å². The maximum absolute atomic E-state index is 13.2. The number of alkyl halides is 6. The van der Waals surface area contributed by atoms with Gasteiger partial charge in [-0.1, -0.05) is 23.6 Å². The third-order valence-electron chi connectivity index (χ3n) is 6.34. The lowest BCUT2D eigenvalue weighted by molar-refractivity contribution is -0.138. The van der Waals surface area contributed by atoms with E-state index in [1.807, 2.05) is 4.90 Å². The molecule has 2 heterocycles. The average molecular weight is 580 g/mol. The fourth-order valence-corrected chi connectivity index (χ4v) is 5.34. The minimum atomic E-state index is -4.64. The summed E-state index contributed by atoms with van der Waals surface area (Å²) < 4.78 is 89.6. The van der Waals surface area contributed by atoms with E-state index in [9.17, 15) is 26.3 Å². The summed E-state index contributed by atoms with van der Waals surface area (Å²) >= 11 is 6.01. The van der Waals surface area contributed by atoms with Crippen molar-refractivity contribution in [3.05, 3.63) is 34.3 Å². The third-order valence-corrected chi connectivity index (χ3v) is 7.75. The monoisotopic (exact) mass is 579 g/mol. The Morgan fingerprint density at radius 1 is 1.00 bits per heavy atom. The molecule has 0 N–H and O–H groups in total. The van der Waals surface area contributed by atoms with Gasteiger partial charge in [-0.3, -0.25) is 0 Å². The molecule has 1 saturated carbocycles. The van der Waals surface area contributed by atoms with Gasteiger partial charge in [0.15, 0.2) is 0 Å². The molecular formula is C23H23F6N5O2S2. The van der Waals surface area contributed by atoms with Crippen molar-refractivity contribution in [1.82, 2.24) is 15.1 Å². The van der Waals surface area contributed by atoms with Gasteiger partial charge in [0.2, 0.25) is 10.1 Å². The van der Waals surface area contributed by atoms with Crippen LogP contribution >= 0.6 is 23.6 Å². The van der Waals surface area contributed by atoms with Crippen molar-refractivity contribution in [2.45, 2.75) is 50.2 Å². The first kappa shape index (κ1) is 28.3. The highest BCUT2D eigenvalue weighted by Crippen LogP contribution is 2.36. The number of rotatable bonds is 6. The topological polar surface area (TPSA) is 74.5 Å². The van der Waals surface area contributed by atoms with Crippen molar-refractivity contribution in [2.24, 2.45) is 0 Å². The van der Waals surface area contributed by atoms with Crippen molar-refractivity contribution in [3.8, 4) is 11.8 Å². The lowest BCUT2D eigenvalue weighted by Crippen LogP contribution is -2.49. The number of hydrogen-bond acceptors (Lipinski definition) is 8. The number of piperazine rings is 1. The van der Waals surface area contributed by atoms with Crippen LogP contribution in [-0.4, -0.2) is 65.1 Å². The second-order valence-corrected chi connectivity index (χ2v) is 10.3. The van der Waals surface area contributed by atoms with Gasteiger partial charge in [0.05, 0.1) is 36.0 Å². The summed E-state index contributed by atoms with van der Waals surface area (Å²) in [5.74, 6) is 0.0733. The number of ether oxygens (including phenoxy) is 2. The molecule has 2 fully saturated rings. The minimum absolute atomic E-state index is 0.0667. The highest BCUT2D eigenvalue weighted by atomic mass is 32.1. The van der Waals surface area contributed by atoms with Crippen LogP contribution in [0.3, 0.4) is 0 Å². The summed E-state index contributed by atoms with van der Waals surface area (Å²) in [5, 5.41) is 15.1. The van der Waals surface area contributed by atoms with E-state index >= 15 is 0 Å². The summed E-state index contributed by atoms with van der Waals surface area (Å²) in [6.45, 7) is 2.19. The van der Waals surface area contributed by atoms with Crippen LogP contribution in [0.2, 0.25) is 0 Å². The van der Waals surface area contributed by atoms with Gasteiger partial charge in [-0.15, -0.1) is 10.2 Å². The zero-order chi connectivity index (χ0) is 27.5. The molecule has 0 bridgehead atoms. The first-order valence-electron chi connectivity index (χ1n) is 11.8. The number of benzene rings is 1. The van der Waals surface area contributed by atoms with Gasteiger partial charge in [0.25, 0.3) is 0 Å². The van der Waals surface area contributed by atoms with Gasteiger partial charge in [-0.25, -0.2) is 0 Å². The summed E-state index contributed by atoms with van der Waals surface area (Å²) in [5.41, 5.74) is -1.46. The van der Waals surface area contributed by atoms with Crippen molar-refractivity contribution >= 4 is 33.7 Å². The molecule has 38 heavy (non-hydrogen) atoms. The predicted molar refractivity (Wildman–Crippen MR) is 130 cm³/mol. The fraction of sp³-hybridized carbons (Fsp3) is 0.565. The number of thiocarbonyl (C=S) groups is 1. The number of aromatic nitrogens is 2. The molecule has 0 unspecified atom stereocenters. The molecule has 0 amide bonds. The molecule has 0 spiro atoms. The zero-order valence-electron chi connectivity index (χ0n) is 19.9. The molecule has 2 aromatic rings. The Balaban J connectivity index is 1.19. The van der Waals surface area contributed by atoms with Crippen LogP contribution in [-0.2, 0) is 17.1 Å². The van der Waals surface area contributed by atoms with Crippen LogP contribution in [0, 0.1) is 11.3 Å². The van der Waals surface area contributed by atoms with Crippen molar-refractivity contribution in [1.29, 1.82) is 5.26 Å². The molecule has 1 aliphatic carbocycles. The van der Waals surface area contributed by atoms with Gasteiger partial charge < -0.3 is 19.3 Å². The van der Waals surface area contributed by atoms with E-state index in [-0.39, 0.29) is 29.7 Å². The molecule has 1 aromatic carbocycles. The second-order valence-electron chi connectivity index (χ2n) is 8.90. The smallest absolute Gasteiger partial charge is 0.445 e. The predicted octanol–water partition coefficient (Wildman–Crippen LogP) is 5.30. The van der Waals surface area contributed by atoms with E-state index in [0.29, 0.717) is 68.2 Å². The number of halogens is 6. The highest BCUT2D eigenvalue weighted by molar-refractivity contribution is 7.80. The summed E-state index contributed by atoms with van der Waals surface area (Å²) in [6, 6.07) is 4.89. The van der Waals surface area contributed by atoms with E-state index in [1.54, 1.807) is 11.0 Å². The van der Waals surface area contributed by atoms with Gasteiger partial charge in [0, 0.05) is 26.2 Å². The Labute approximate surface area is 223 Å². The lowest BCUT2D eigenvalue weighted by Gasteiger charge is -2.36. The number of nitrogens with zero attached hydrogens (tertiary/aromatic N) is 5. The Morgan fingerprint density at radius 3 is 2.24 bits per heavy atom. The third kappa shape index (κ3) is 7.03. The first-order valence-corrected chi connectivity index (χ1v) is 13.0. The highest BCUT2D eigenvalue weighted by Gasteiger charge is 2.37. The normalized spacial score (nSPS) is 20.8. The Bertz CT molecular complexity index is 1170. The van der Waals surface area contributed by atoms with E-state index < -0.39 is 28.5 Å². The minimum Gasteiger partial charge on any atom is -0.490 e. The molecule has 206 valence electrons. The molecule has 1 saturated heterocycles. The van der Waals surface area contributed by atoms with Gasteiger partial charge >= 0.3 is 12.4 Å². The van der Waals surface area contributed by atoms with Gasteiger partial charge in [-0.2, -0.15) is 31.6 Å². The van der Waals surface area contributed by atoms with Crippen molar-refractivity contribution < 1.29 is 35.8 Å². The van der Waals surface area contributed by atoms with Gasteiger partial charge in [0.1, 0.15) is 10.7 Å². The van der Waals surface area contributed by atoms with E-state index in [0.717, 1.165) is 12.1 Å². The molecule has 2 aliphatic rings. The van der Waals surface area contributed by atoms with Crippen molar-refractivity contribution in [2.75, 3.05) is 37.7 Å². The lowest BCUT2D eigenvalue weighted by atomic mass is 9.95. The molecular weight excluding hydrogens is 556 g/mol. The van der Waals surface area contributed by atoms with Gasteiger partial charge in [-0.05, 0) is 43.9 Å². The average Bonchev–Trinajstić information content (AvgIpc) is 3.39. The van der Waals surface area contributed by atoms with E-state index in [1.165, 1.54) is 6.07 Å². The van der Waals surface area contributed by atoms with Crippen molar-refractivity contribution in [3.63, 3.8) is 0 Å². The molecule has 0 radical (unpaired) electrons. The van der Waals surface area contributed by atoms with E-state index in [2.05, 4.69) is 10.2 Å². The quantitative estimate of drug-likeness (QED) is 0.337. The SMILES string of the molecule is N#Cc1ccc(O[C@H]2CC[C@H](OCC(=S)N3CCN(c4nnc(C(F)(F)F)s4)CC3)CC2)cc1C(F)(F)F. The van der Waals surface area contributed by atoms with E-state index in [4.69, 9.17) is 27.0 Å². The summed E-state index contributed by atoms with van der Waals surface area (Å²) in [6.07, 6.45) is -6.98. The summed E-state index contributed by atoms with van der Waals surface area (Å²) in [7, 11) is 0. The van der Waals surface area contributed by atoms with Crippen LogP contribution in [0.15, 0.2) is 18.2 Å². The Morgan fingerprint density at radius 2 is 1.66 bits per heavy atom. The zero-order valence-corrected chi connectivity index (χ0v) is 21.5. The number of nitriles is 1. The van der Waals surface area contributed by atoms with Crippen LogP contribution in [0.1, 0.15) is 41.8 Å². The molecule has 0 atom stereocenters.